The van der Waals surface area contributed by atoms with Crippen LogP contribution in [0.5, 0.6) is 5.75 Å². The Bertz CT molecular complexity index is 479. The largest absolute Gasteiger partial charge is 0.491 e. The minimum Gasteiger partial charge on any atom is -0.491 e. The lowest BCUT2D eigenvalue weighted by Crippen LogP contribution is -2.23. The molecule has 0 spiro atoms. The van der Waals surface area contributed by atoms with E-state index in [1.807, 2.05) is 37.3 Å². The summed E-state index contributed by atoms with van der Waals surface area (Å²) in [6.07, 6.45) is 0.936. The molecule has 0 aliphatic rings. The maximum atomic E-state index is 9.73. The van der Waals surface area contributed by atoms with Gasteiger partial charge in [-0.15, -0.1) is 0 Å². The molecule has 2 aromatic rings. The second-order valence-electron chi connectivity index (χ2n) is 4.38. The van der Waals surface area contributed by atoms with E-state index in [1.54, 1.807) is 12.3 Å². The lowest BCUT2D eigenvalue weighted by molar-refractivity contribution is 0.000871. The molecule has 0 fully saturated rings. The highest BCUT2D eigenvalue weighted by Gasteiger charge is 2.06. The fourth-order valence-corrected chi connectivity index (χ4v) is 1.64. The van der Waals surface area contributed by atoms with Crippen molar-refractivity contribution in [2.24, 2.45) is 0 Å². The fraction of sp³-hybridized carbons (Fsp3) is 0.333. The summed E-state index contributed by atoms with van der Waals surface area (Å²) in [7, 11) is 0. The van der Waals surface area contributed by atoms with Crippen LogP contribution in [0.15, 0.2) is 47.1 Å². The minimum atomic E-state index is -0.657. The Morgan fingerprint density at radius 1 is 1.21 bits per heavy atom. The Kier molecular flexibility index (Phi) is 5.01. The van der Waals surface area contributed by atoms with Crippen LogP contribution in [0.2, 0.25) is 0 Å². The zero-order valence-corrected chi connectivity index (χ0v) is 10.9. The van der Waals surface area contributed by atoms with E-state index in [0.29, 0.717) is 6.61 Å². The number of ether oxygens (including phenoxy) is 2. The van der Waals surface area contributed by atoms with Crippen LogP contribution < -0.4 is 4.74 Å². The SMILES string of the molecule is Cc1cccc(OCC(O)COCc2ccco2)c1. The molecule has 1 aromatic carbocycles. The molecule has 1 N–H and O–H groups in total. The Morgan fingerprint density at radius 2 is 2.11 bits per heavy atom. The lowest BCUT2D eigenvalue weighted by Gasteiger charge is -2.12. The summed E-state index contributed by atoms with van der Waals surface area (Å²) in [4.78, 5) is 0. The Balaban J connectivity index is 1.65. The molecule has 1 heterocycles. The first-order valence-electron chi connectivity index (χ1n) is 6.21. The Morgan fingerprint density at radius 3 is 2.84 bits per heavy atom. The van der Waals surface area contributed by atoms with E-state index < -0.39 is 6.10 Å². The third-order valence-electron chi connectivity index (χ3n) is 2.57. The van der Waals surface area contributed by atoms with Gasteiger partial charge in [0.2, 0.25) is 0 Å². The summed E-state index contributed by atoms with van der Waals surface area (Å²) < 4.78 is 15.9. The number of aryl methyl sites for hydroxylation is 1. The number of benzene rings is 1. The molecule has 4 nitrogen and oxygen atoms in total. The van der Waals surface area contributed by atoms with Crippen molar-refractivity contribution in [3.05, 3.63) is 54.0 Å². The molecular weight excluding hydrogens is 244 g/mol. The van der Waals surface area contributed by atoms with Gasteiger partial charge in [-0.25, -0.2) is 0 Å². The van der Waals surface area contributed by atoms with Gasteiger partial charge < -0.3 is 19.0 Å². The van der Waals surface area contributed by atoms with Crippen LogP contribution in [0, 0.1) is 6.92 Å². The van der Waals surface area contributed by atoms with E-state index in [2.05, 4.69) is 0 Å². The van der Waals surface area contributed by atoms with Gasteiger partial charge in [-0.3, -0.25) is 0 Å². The average Bonchev–Trinajstić information content (AvgIpc) is 2.90. The van der Waals surface area contributed by atoms with Crippen LogP contribution in [0.3, 0.4) is 0 Å². The van der Waals surface area contributed by atoms with Gasteiger partial charge in [0.15, 0.2) is 0 Å². The number of aliphatic hydroxyl groups is 1. The Hall–Kier alpha value is -1.78. The van der Waals surface area contributed by atoms with Gasteiger partial charge in [0.1, 0.15) is 30.8 Å². The van der Waals surface area contributed by atoms with Crippen molar-refractivity contribution in [2.75, 3.05) is 13.2 Å². The van der Waals surface area contributed by atoms with Crippen molar-refractivity contribution >= 4 is 0 Å². The summed E-state index contributed by atoms with van der Waals surface area (Å²) in [5.41, 5.74) is 1.13. The van der Waals surface area contributed by atoms with Crippen LogP contribution in [-0.4, -0.2) is 24.4 Å². The minimum absolute atomic E-state index is 0.210. The molecule has 102 valence electrons. The number of hydrogen-bond acceptors (Lipinski definition) is 4. The molecule has 0 bridgehead atoms. The van der Waals surface area contributed by atoms with Crippen LogP contribution in [0.1, 0.15) is 11.3 Å². The number of furan rings is 1. The molecule has 0 radical (unpaired) electrons. The summed E-state index contributed by atoms with van der Waals surface area (Å²) >= 11 is 0. The van der Waals surface area contributed by atoms with Gasteiger partial charge in [0, 0.05) is 0 Å². The molecule has 19 heavy (non-hydrogen) atoms. The molecular formula is C15H18O4. The molecule has 1 aromatic heterocycles. The third kappa shape index (κ3) is 4.77. The van der Waals surface area contributed by atoms with Gasteiger partial charge in [-0.2, -0.15) is 0 Å². The second-order valence-corrected chi connectivity index (χ2v) is 4.38. The van der Waals surface area contributed by atoms with Crippen LogP contribution in [0.25, 0.3) is 0 Å². The van der Waals surface area contributed by atoms with E-state index in [4.69, 9.17) is 13.9 Å². The summed E-state index contributed by atoms with van der Waals surface area (Å²) in [6.45, 7) is 2.78. The molecule has 4 heteroatoms. The molecule has 0 saturated carbocycles. The fourth-order valence-electron chi connectivity index (χ4n) is 1.64. The Labute approximate surface area is 112 Å². The topological polar surface area (TPSA) is 51.8 Å². The highest BCUT2D eigenvalue weighted by molar-refractivity contribution is 5.27. The van der Waals surface area contributed by atoms with Crippen LogP contribution in [-0.2, 0) is 11.3 Å². The first-order chi connectivity index (χ1) is 9.24. The van der Waals surface area contributed by atoms with Crippen molar-refractivity contribution < 1.29 is 19.0 Å². The number of aliphatic hydroxyl groups excluding tert-OH is 1. The van der Waals surface area contributed by atoms with E-state index in [9.17, 15) is 5.11 Å². The standard InChI is InChI=1S/C15H18O4/c1-12-4-2-5-14(8-12)19-10-13(16)9-17-11-15-6-3-7-18-15/h2-8,13,16H,9-11H2,1H3. The van der Waals surface area contributed by atoms with Crippen LogP contribution in [0.4, 0.5) is 0 Å². The van der Waals surface area contributed by atoms with Crippen molar-refractivity contribution in [3.63, 3.8) is 0 Å². The summed E-state index contributed by atoms with van der Waals surface area (Å²) in [5.74, 6) is 1.50. The highest BCUT2D eigenvalue weighted by atomic mass is 16.5. The van der Waals surface area contributed by atoms with Crippen LogP contribution >= 0.6 is 0 Å². The maximum absolute atomic E-state index is 9.73. The average molecular weight is 262 g/mol. The van der Waals surface area contributed by atoms with Gasteiger partial charge >= 0.3 is 0 Å². The lowest BCUT2D eigenvalue weighted by atomic mass is 10.2. The predicted molar refractivity (Wildman–Crippen MR) is 71.0 cm³/mol. The number of hydrogen-bond donors (Lipinski definition) is 1. The molecule has 0 aliphatic carbocycles. The molecule has 2 rings (SSSR count). The molecule has 0 amide bonds. The maximum Gasteiger partial charge on any atom is 0.129 e. The monoisotopic (exact) mass is 262 g/mol. The first kappa shape index (κ1) is 13.6. The molecule has 0 saturated heterocycles. The van der Waals surface area contributed by atoms with Crippen molar-refractivity contribution in [3.8, 4) is 5.75 Å². The predicted octanol–water partition coefficient (Wildman–Crippen LogP) is 2.54. The van der Waals surface area contributed by atoms with Gasteiger partial charge in [0.05, 0.1) is 12.9 Å². The molecule has 0 aliphatic heterocycles. The highest BCUT2D eigenvalue weighted by Crippen LogP contribution is 2.12. The van der Waals surface area contributed by atoms with Gasteiger partial charge in [-0.1, -0.05) is 12.1 Å². The summed E-state index contributed by atoms with van der Waals surface area (Å²) in [5, 5.41) is 9.73. The van der Waals surface area contributed by atoms with E-state index in [-0.39, 0.29) is 13.2 Å². The first-order valence-corrected chi connectivity index (χ1v) is 6.21. The van der Waals surface area contributed by atoms with E-state index in [1.165, 1.54) is 0 Å². The summed E-state index contributed by atoms with van der Waals surface area (Å²) in [6, 6.07) is 11.3. The smallest absolute Gasteiger partial charge is 0.129 e. The third-order valence-corrected chi connectivity index (χ3v) is 2.57. The number of rotatable bonds is 7. The quantitative estimate of drug-likeness (QED) is 0.833. The normalized spacial score (nSPS) is 12.3. The zero-order chi connectivity index (χ0) is 13.5. The van der Waals surface area contributed by atoms with E-state index >= 15 is 0 Å². The van der Waals surface area contributed by atoms with Crippen molar-refractivity contribution in [1.29, 1.82) is 0 Å². The van der Waals surface area contributed by atoms with Crippen molar-refractivity contribution in [2.45, 2.75) is 19.6 Å². The molecule has 1 atom stereocenters. The molecule has 1 unspecified atom stereocenters. The van der Waals surface area contributed by atoms with Crippen molar-refractivity contribution in [1.82, 2.24) is 0 Å². The van der Waals surface area contributed by atoms with Gasteiger partial charge in [-0.05, 0) is 36.8 Å². The van der Waals surface area contributed by atoms with E-state index in [0.717, 1.165) is 17.1 Å². The zero-order valence-electron chi connectivity index (χ0n) is 10.9. The van der Waals surface area contributed by atoms with Gasteiger partial charge in [0.25, 0.3) is 0 Å². The second kappa shape index (κ2) is 6.97.